The monoisotopic (exact) mass is 383 g/mol. The minimum Gasteiger partial charge on any atom is -0.494 e. The molecular weight excluding hydrogens is 358 g/mol. The second kappa shape index (κ2) is 9.69. The Balaban J connectivity index is 1.88. The van der Waals surface area contributed by atoms with E-state index in [0.29, 0.717) is 23.5 Å². The lowest BCUT2D eigenvalue weighted by Gasteiger charge is -2.14. The molecule has 148 valence electrons. The van der Waals surface area contributed by atoms with Crippen molar-refractivity contribution < 1.29 is 23.9 Å². The number of nitrogens with one attached hydrogen (secondary N) is 1. The van der Waals surface area contributed by atoms with E-state index in [-0.39, 0.29) is 12.3 Å². The van der Waals surface area contributed by atoms with Crippen LogP contribution in [0.4, 0.5) is 0 Å². The molecule has 6 heteroatoms. The molecule has 2 rings (SSSR count). The molecule has 0 heterocycles. The molecule has 1 amide bonds. The number of Topliss-reactive ketones (excluding diaryl/α,β-unsaturated/α-hetero) is 1. The molecule has 0 unspecified atom stereocenters. The van der Waals surface area contributed by atoms with E-state index >= 15 is 0 Å². The summed E-state index contributed by atoms with van der Waals surface area (Å²) >= 11 is 0. The number of esters is 1. The number of rotatable bonds is 8. The van der Waals surface area contributed by atoms with Gasteiger partial charge in [-0.15, -0.1) is 0 Å². The zero-order valence-electron chi connectivity index (χ0n) is 16.6. The predicted molar refractivity (Wildman–Crippen MR) is 106 cm³/mol. The highest BCUT2D eigenvalue weighted by Crippen LogP contribution is 2.15. The first-order chi connectivity index (χ1) is 13.3. The fourth-order valence-corrected chi connectivity index (χ4v) is 2.64. The van der Waals surface area contributed by atoms with Gasteiger partial charge < -0.3 is 14.8 Å². The Bertz CT molecular complexity index is 858. The lowest BCUT2D eigenvalue weighted by atomic mass is 9.99. The maximum atomic E-state index is 12.5. The van der Waals surface area contributed by atoms with Crippen molar-refractivity contribution in [1.29, 1.82) is 0 Å². The van der Waals surface area contributed by atoms with Crippen LogP contribution in [0.5, 0.6) is 5.75 Å². The summed E-state index contributed by atoms with van der Waals surface area (Å²) in [6.45, 7) is 7.34. The van der Waals surface area contributed by atoms with Gasteiger partial charge in [0.25, 0.3) is 5.91 Å². The highest BCUT2D eigenvalue weighted by atomic mass is 16.5. The van der Waals surface area contributed by atoms with Gasteiger partial charge in [0.1, 0.15) is 12.3 Å². The molecular formula is C22H25NO5. The second-order valence-corrected chi connectivity index (χ2v) is 6.45. The van der Waals surface area contributed by atoms with E-state index in [0.717, 1.165) is 11.1 Å². The molecule has 2 aromatic carbocycles. The van der Waals surface area contributed by atoms with Gasteiger partial charge in [0.05, 0.1) is 6.61 Å². The summed E-state index contributed by atoms with van der Waals surface area (Å²) in [6.07, 6.45) is -0.935. The first-order valence-corrected chi connectivity index (χ1v) is 9.13. The topological polar surface area (TPSA) is 81.7 Å². The molecule has 0 aliphatic rings. The van der Waals surface area contributed by atoms with E-state index in [2.05, 4.69) is 5.32 Å². The number of carbonyl (C=O) groups is 3. The van der Waals surface area contributed by atoms with Gasteiger partial charge in [0.2, 0.25) is 5.78 Å². The highest BCUT2D eigenvalue weighted by Gasteiger charge is 2.21. The van der Waals surface area contributed by atoms with Crippen LogP contribution >= 0.6 is 0 Å². The number of ketones is 1. The minimum atomic E-state index is -0.935. The molecule has 0 aromatic heterocycles. The molecule has 1 atom stereocenters. The van der Waals surface area contributed by atoms with Gasteiger partial charge in [-0.3, -0.25) is 14.4 Å². The van der Waals surface area contributed by atoms with Crippen molar-refractivity contribution in [1.82, 2.24) is 5.32 Å². The van der Waals surface area contributed by atoms with Gasteiger partial charge >= 0.3 is 5.97 Å². The van der Waals surface area contributed by atoms with E-state index in [4.69, 9.17) is 9.47 Å². The van der Waals surface area contributed by atoms with E-state index < -0.39 is 18.0 Å². The Kier molecular flexibility index (Phi) is 7.32. The summed E-state index contributed by atoms with van der Waals surface area (Å²) in [4.78, 5) is 36.6. The van der Waals surface area contributed by atoms with Crippen LogP contribution in [0.25, 0.3) is 0 Å². The summed E-state index contributed by atoms with van der Waals surface area (Å²) < 4.78 is 10.5. The van der Waals surface area contributed by atoms with E-state index in [1.165, 1.54) is 6.92 Å². The predicted octanol–water partition coefficient (Wildman–Crippen LogP) is 3.25. The molecule has 2 aromatic rings. The molecule has 0 saturated carbocycles. The van der Waals surface area contributed by atoms with Crippen molar-refractivity contribution in [3.63, 3.8) is 0 Å². The number of hydrogen-bond donors (Lipinski definition) is 1. The average molecular weight is 383 g/mol. The smallest absolute Gasteiger partial charge is 0.326 e. The zero-order valence-corrected chi connectivity index (χ0v) is 16.6. The normalized spacial score (nSPS) is 11.4. The van der Waals surface area contributed by atoms with Crippen molar-refractivity contribution in [3.05, 3.63) is 64.7 Å². The van der Waals surface area contributed by atoms with Crippen molar-refractivity contribution in [2.75, 3.05) is 13.2 Å². The van der Waals surface area contributed by atoms with Crippen LogP contribution < -0.4 is 10.1 Å². The minimum absolute atomic E-state index is 0.271. The highest BCUT2D eigenvalue weighted by molar-refractivity contribution is 6.02. The van der Waals surface area contributed by atoms with Gasteiger partial charge in [-0.25, -0.2) is 0 Å². The Morgan fingerprint density at radius 1 is 1.04 bits per heavy atom. The van der Waals surface area contributed by atoms with E-state index in [1.54, 1.807) is 30.3 Å². The molecule has 28 heavy (non-hydrogen) atoms. The molecule has 0 aliphatic heterocycles. The van der Waals surface area contributed by atoms with E-state index in [1.807, 2.05) is 32.9 Å². The lowest BCUT2D eigenvalue weighted by molar-refractivity contribution is -0.145. The molecule has 0 bridgehead atoms. The third kappa shape index (κ3) is 5.67. The maximum Gasteiger partial charge on any atom is 0.326 e. The average Bonchev–Trinajstić information content (AvgIpc) is 2.68. The van der Waals surface area contributed by atoms with Crippen LogP contribution in [0, 0.1) is 13.8 Å². The molecule has 0 fully saturated rings. The second-order valence-electron chi connectivity index (χ2n) is 6.45. The van der Waals surface area contributed by atoms with Crippen LogP contribution in [-0.4, -0.2) is 36.9 Å². The maximum absolute atomic E-state index is 12.5. The van der Waals surface area contributed by atoms with Crippen LogP contribution in [0.2, 0.25) is 0 Å². The van der Waals surface area contributed by atoms with Crippen molar-refractivity contribution in [2.24, 2.45) is 0 Å². The quantitative estimate of drug-likeness (QED) is 0.559. The number of ether oxygens (including phenoxy) is 2. The lowest BCUT2D eigenvalue weighted by Crippen LogP contribution is -2.34. The van der Waals surface area contributed by atoms with Gasteiger partial charge in [-0.2, -0.15) is 0 Å². The summed E-state index contributed by atoms with van der Waals surface area (Å²) in [5.41, 5.74) is 2.70. The number of benzene rings is 2. The Labute approximate surface area is 164 Å². The molecule has 0 saturated heterocycles. The summed E-state index contributed by atoms with van der Waals surface area (Å²) in [6, 6.07) is 12.1. The first-order valence-electron chi connectivity index (χ1n) is 9.13. The van der Waals surface area contributed by atoms with Crippen LogP contribution in [0.15, 0.2) is 42.5 Å². The Hall–Kier alpha value is -3.15. The van der Waals surface area contributed by atoms with Crippen LogP contribution in [0.1, 0.15) is 45.7 Å². The number of carbonyl (C=O) groups excluding carboxylic acids is 3. The Morgan fingerprint density at radius 2 is 1.71 bits per heavy atom. The van der Waals surface area contributed by atoms with E-state index in [9.17, 15) is 14.4 Å². The standard InChI is InChI=1S/C22H25NO5/c1-5-27-18-10-8-17(9-11-18)22(26)23-13-20(24)28-16(4)21(25)19-12-14(2)6-7-15(19)3/h6-12,16H,5,13H2,1-4H3,(H,23,26)/t16-/m1/s1. The fraction of sp³-hybridized carbons (Fsp3) is 0.318. The summed E-state index contributed by atoms with van der Waals surface area (Å²) in [5, 5.41) is 2.49. The molecule has 0 radical (unpaired) electrons. The van der Waals surface area contributed by atoms with Crippen molar-refractivity contribution >= 4 is 17.7 Å². The van der Waals surface area contributed by atoms with Crippen molar-refractivity contribution in [3.8, 4) is 5.75 Å². The molecule has 6 nitrogen and oxygen atoms in total. The summed E-state index contributed by atoms with van der Waals surface area (Å²) in [5.74, 6) is -0.691. The number of aryl methyl sites for hydroxylation is 2. The first kappa shape index (κ1) is 21.2. The molecule has 0 spiro atoms. The van der Waals surface area contributed by atoms with Gasteiger partial charge in [-0.1, -0.05) is 17.7 Å². The Morgan fingerprint density at radius 3 is 2.36 bits per heavy atom. The van der Waals surface area contributed by atoms with Crippen LogP contribution in [0.3, 0.4) is 0 Å². The van der Waals surface area contributed by atoms with Gasteiger partial charge in [0, 0.05) is 11.1 Å². The summed E-state index contributed by atoms with van der Waals surface area (Å²) in [7, 11) is 0. The number of hydrogen-bond acceptors (Lipinski definition) is 5. The van der Waals surface area contributed by atoms with Gasteiger partial charge in [-0.05, 0) is 63.6 Å². The van der Waals surface area contributed by atoms with Gasteiger partial charge in [0.15, 0.2) is 6.10 Å². The molecule has 1 N–H and O–H groups in total. The SMILES string of the molecule is CCOc1ccc(C(=O)NCC(=O)O[C@H](C)C(=O)c2cc(C)ccc2C)cc1. The van der Waals surface area contributed by atoms with Crippen LogP contribution in [-0.2, 0) is 9.53 Å². The largest absolute Gasteiger partial charge is 0.494 e. The third-order valence-electron chi connectivity index (χ3n) is 4.16. The third-order valence-corrected chi connectivity index (χ3v) is 4.16. The number of amides is 1. The molecule has 0 aliphatic carbocycles. The van der Waals surface area contributed by atoms with Crippen molar-refractivity contribution in [2.45, 2.75) is 33.8 Å². The zero-order chi connectivity index (χ0) is 20.7. The fourth-order valence-electron chi connectivity index (χ4n) is 2.64.